The van der Waals surface area contributed by atoms with Crippen LogP contribution in [0.1, 0.15) is 19.3 Å². The van der Waals surface area contributed by atoms with Gasteiger partial charge in [0, 0.05) is 34.0 Å². The predicted octanol–water partition coefficient (Wildman–Crippen LogP) is 3.55. The minimum Gasteiger partial charge on any atom is -0.368 e. The lowest BCUT2D eigenvalue weighted by Gasteiger charge is -2.24. The van der Waals surface area contributed by atoms with Crippen molar-refractivity contribution in [3.8, 4) is 0 Å². The first-order valence-electron chi connectivity index (χ1n) is 6.85. The monoisotopic (exact) mass is 319 g/mol. The van der Waals surface area contributed by atoms with Crippen molar-refractivity contribution in [3.05, 3.63) is 34.9 Å². The van der Waals surface area contributed by atoms with Gasteiger partial charge in [0.15, 0.2) is 0 Å². The fraction of sp³-hybridized carbons (Fsp3) is 0.400. The molecule has 0 radical (unpaired) electrons. The molecule has 1 aliphatic rings. The van der Waals surface area contributed by atoms with E-state index in [1.165, 1.54) is 30.0 Å². The summed E-state index contributed by atoms with van der Waals surface area (Å²) in [4.78, 5) is 4.47. The maximum atomic E-state index is 4.47. The number of halogens is 1. The molecule has 1 atom stereocenters. The number of nitrogens with zero attached hydrogens (tertiary/aromatic N) is 1. The normalized spacial score (nSPS) is 19.5. The maximum absolute atomic E-state index is 4.47. The van der Waals surface area contributed by atoms with Gasteiger partial charge in [-0.25, -0.2) is 4.98 Å². The predicted molar refractivity (Wildman–Crippen MR) is 83.6 cm³/mol. The van der Waals surface area contributed by atoms with Crippen molar-refractivity contribution in [2.75, 3.05) is 18.4 Å². The molecule has 4 heteroatoms. The van der Waals surface area contributed by atoms with E-state index in [9.17, 15) is 0 Å². The average Bonchev–Trinajstić information content (AvgIpc) is 2.47. The fourth-order valence-electron chi connectivity index (χ4n) is 2.63. The summed E-state index contributed by atoms with van der Waals surface area (Å²) >= 11 is 3.59. The molecule has 0 bridgehead atoms. The van der Waals surface area contributed by atoms with Gasteiger partial charge >= 0.3 is 0 Å². The standard InChI is InChI=1S/C15H18BrN3/c16-14-6-3-5-13-12(14)7-9-18-15(13)19-10-11-4-1-2-8-17-11/h3,5-7,9,11,17H,1-2,4,8,10H2,(H,18,19). The minimum absolute atomic E-state index is 0.568. The second kappa shape index (κ2) is 5.88. The van der Waals surface area contributed by atoms with E-state index in [0.29, 0.717) is 6.04 Å². The van der Waals surface area contributed by atoms with E-state index in [0.717, 1.165) is 23.4 Å². The highest BCUT2D eigenvalue weighted by Gasteiger charge is 2.13. The van der Waals surface area contributed by atoms with E-state index in [1.807, 2.05) is 12.3 Å². The topological polar surface area (TPSA) is 37.0 Å². The molecule has 0 spiro atoms. The fourth-order valence-corrected chi connectivity index (χ4v) is 3.13. The molecule has 3 rings (SSSR count). The van der Waals surface area contributed by atoms with E-state index in [4.69, 9.17) is 0 Å². The number of anilines is 1. The van der Waals surface area contributed by atoms with Crippen LogP contribution in [0.25, 0.3) is 10.8 Å². The van der Waals surface area contributed by atoms with Gasteiger partial charge in [-0.1, -0.05) is 34.5 Å². The smallest absolute Gasteiger partial charge is 0.133 e. The zero-order chi connectivity index (χ0) is 13.1. The Morgan fingerprint density at radius 2 is 2.21 bits per heavy atom. The van der Waals surface area contributed by atoms with Gasteiger partial charge in [0.25, 0.3) is 0 Å². The van der Waals surface area contributed by atoms with Crippen LogP contribution in [-0.2, 0) is 0 Å². The van der Waals surface area contributed by atoms with E-state index in [2.05, 4.69) is 49.7 Å². The van der Waals surface area contributed by atoms with Crippen molar-refractivity contribution in [1.82, 2.24) is 10.3 Å². The number of benzene rings is 1. The molecule has 19 heavy (non-hydrogen) atoms. The lowest BCUT2D eigenvalue weighted by Crippen LogP contribution is -2.39. The number of fused-ring (bicyclic) bond motifs is 1. The molecule has 1 saturated heterocycles. The summed E-state index contributed by atoms with van der Waals surface area (Å²) in [5, 5.41) is 9.42. The first-order valence-corrected chi connectivity index (χ1v) is 7.64. The van der Waals surface area contributed by atoms with Crippen LogP contribution in [0.2, 0.25) is 0 Å². The number of piperidine rings is 1. The van der Waals surface area contributed by atoms with Crippen molar-refractivity contribution >= 4 is 32.5 Å². The molecule has 1 aliphatic heterocycles. The molecule has 1 aromatic heterocycles. The van der Waals surface area contributed by atoms with Crippen LogP contribution in [0.5, 0.6) is 0 Å². The van der Waals surface area contributed by atoms with Gasteiger partial charge in [-0.15, -0.1) is 0 Å². The lowest BCUT2D eigenvalue weighted by molar-refractivity contribution is 0.414. The van der Waals surface area contributed by atoms with E-state index < -0.39 is 0 Å². The van der Waals surface area contributed by atoms with Crippen LogP contribution in [-0.4, -0.2) is 24.1 Å². The molecule has 2 aromatic rings. The van der Waals surface area contributed by atoms with Gasteiger partial charge in [0.05, 0.1) is 0 Å². The molecule has 0 saturated carbocycles. The molecule has 100 valence electrons. The number of aromatic nitrogens is 1. The lowest BCUT2D eigenvalue weighted by atomic mass is 10.1. The highest BCUT2D eigenvalue weighted by atomic mass is 79.9. The van der Waals surface area contributed by atoms with E-state index in [1.54, 1.807) is 0 Å². The molecular weight excluding hydrogens is 302 g/mol. The van der Waals surface area contributed by atoms with Gasteiger partial charge in [-0.3, -0.25) is 0 Å². The van der Waals surface area contributed by atoms with Gasteiger partial charge in [-0.2, -0.15) is 0 Å². The maximum Gasteiger partial charge on any atom is 0.133 e. The second-order valence-electron chi connectivity index (χ2n) is 5.02. The van der Waals surface area contributed by atoms with Gasteiger partial charge in [-0.05, 0) is 31.5 Å². The Hall–Kier alpha value is -1.13. The van der Waals surface area contributed by atoms with Crippen LogP contribution in [0, 0.1) is 0 Å². The number of hydrogen-bond acceptors (Lipinski definition) is 3. The average molecular weight is 320 g/mol. The summed E-state index contributed by atoms with van der Waals surface area (Å²) < 4.78 is 1.12. The molecule has 3 nitrogen and oxygen atoms in total. The van der Waals surface area contributed by atoms with Crippen molar-refractivity contribution in [1.29, 1.82) is 0 Å². The van der Waals surface area contributed by atoms with Crippen molar-refractivity contribution in [2.24, 2.45) is 0 Å². The minimum atomic E-state index is 0.568. The molecule has 1 aromatic carbocycles. The second-order valence-corrected chi connectivity index (χ2v) is 5.88. The first kappa shape index (κ1) is 12.9. The summed E-state index contributed by atoms with van der Waals surface area (Å²) in [5.41, 5.74) is 0. The number of rotatable bonds is 3. The molecule has 1 unspecified atom stereocenters. The largest absolute Gasteiger partial charge is 0.368 e. The van der Waals surface area contributed by atoms with Crippen molar-refractivity contribution < 1.29 is 0 Å². The summed E-state index contributed by atoms with van der Waals surface area (Å²) in [6.07, 6.45) is 5.75. The molecule has 2 heterocycles. The molecule has 0 aliphatic carbocycles. The van der Waals surface area contributed by atoms with Crippen LogP contribution in [0.3, 0.4) is 0 Å². The Balaban J connectivity index is 1.79. The molecular formula is C15H18BrN3. The van der Waals surface area contributed by atoms with Crippen LogP contribution in [0.4, 0.5) is 5.82 Å². The van der Waals surface area contributed by atoms with Gasteiger partial charge in [0.2, 0.25) is 0 Å². The van der Waals surface area contributed by atoms with Gasteiger partial charge < -0.3 is 10.6 Å². The zero-order valence-corrected chi connectivity index (χ0v) is 12.4. The third-order valence-corrected chi connectivity index (χ3v) is 4.37. The summed E-state index contributed by atoms with van der Waals surface area (Å²) in [6, 6.07) is 8.85. The Labute approximate surface area is 121 Å². The Morgan fingerprint density at radius 1 is 1.26 bits per heavy atom. The summed E-state index contributed by atoms with van der Waals surface area (Å²) in [5.74, 6) is 0.978. The molecule has 1 fully saturated rings. The Morgan fingerprint density at radius 3 is 3.05 bits per heavy atom. The van der Waals surface area contributed by atoms with Crippen LogP contribution in [0.15, 0.2) is 34.9 Å². The van der Waals surface area contributed by atoms with Crippen LogP contribution < -0.4 is 10.6 Å². The molecule has 2 N–H and O–H groups in total. The molecule has 0 amide bonds. The Kier molecular flexibility index (Phi) is 3.99. The number of nitrogens with one attached hydrogen (secondary N) is 2. The Bertz CT molecular complexity index is 564. The van der Waals surface area contributed by atoms with Gasteiger partial charge in [0.1, 0.15) is 5.82 Å². The third-order valence-electron chi connectivity index (χ3n) is 3.68. The first-order chi connectivity index (χ1) is 9.34. The number of hydrogen-bond donors (Lipinski definition) is 2. The highest BCUT2D eigenvalue weighted by molar-refractivity contribution is 9.10. The summed E-state index contributed by atoms with van der Waals surface area (Å²) in [6.45, 7) is 2.08. The van der Waals surface area contributed by atoms with Crippen LogP contribution >= 0.6 is 15.9 Å². The highest BCUT2D eigenvalue weighted by Crippen LogP contribution is 2.27. The number of pyridine rings is 1. The summed E-state index contributed by atoms with van der Waals surface area (Å²) in [7, 11) is 0. The van der Waals surface area contributed by atoms with E-state index >= 15 is 0 Å². The zero-order valence-electron chi connectivity index (χ0n) is 10.8. The third kappa shape index (κ3) is 2.90. The van der Waals surface area contributed by atoms with E-state index in [-0.39, 0.29) is 0 Å². The quantitative estimate of drug-likeness (QED) is 0.908. The SMILES string of the molecule is Brc1cccc2c(NCC3CCCCN3)nccc12. The van der Waals surface area contributed by atoms with Crippen molar-refractivity contribution in [2.45, 2.75) is 25.3 Å². The van der Waals surface area contributed by atoms with Crippen molar-refractivity contribution in [3.63, 3.8) is 0 Å².